The standard InChI is InChI=1S/C16H15Cl2NO2/c1-19-10-11(8-14(20)6-7-17)9-15(19)16(21)12-2-4-13(18)5-3-12/h2-5,9-10H,6-8H2,1H3. The van der Waals surface area contributed by atoms with Crippen LogP contribution in [0.3, 0.4) is 0 Å². The third-order valence-corrected chi connectivity index (χ3v) is 3.62. The van der Waals surface area contributed by atoms with Gasteiger partial charge in [0.1, 0.15) is 5.78 Å². The predicted molar refractivity (Wildman–Crippen MR) is 84.3 cm³/mol. The van der Waals surface area contributed by atoms with E-state index in [0.29, 0.717) is 35.0 Å². The Kier molecular flexibility index (Phi) is 5.21. The highest BCUT2D eigenvalue weighted by Crippen LogP contribution is 2.16. The SMILES string of the molecule is Cn1cc(CC(=O)CCCl)cc1C(=O)c1ccc(Cl)cc1. The highest BCUT2D eigenvalue weighted by atomic mass is 35.5. The summed E-state index contributed by atoms with van der Waals surface area (Å²) in [5.74, 6) is 0.300. The minimum absolute atomic E-state index is 0.0705. The topological polar surface area (TPSA) is 39.1 Å². The number of carbonyl (C=O) groups excluding carboxylic acids is 2. The lowest BCUT2D eigenvalue weighted by atomic mass is 10.1. The molecule has 0 atom stereocenters. The van der Waals surface area contributed by atoms with Gasteiger partial charge < -0.3 is 4.57 Å². The van der Waals surface area contributed by atoms with Crippen LogP contribution in [-0.2, 0) is 18.3 Å². The van der Waals surface area contributed by atoms with Crippen LogP contribution in [0.4, 0.5) is 0 Å². The molecule has 21 heavy (non-hydrogen) atoms. The number of ketones is 2. The third-order valence-electron chi connectivity index (χ3n) is 3.18. The van der Waals surface area contributed by atoms with Crippen LogP contribution in [0.15, 0.2) is 36.5 Å². The van der Waals surface area contributed by atoms with Crippen LogP contribution in [0.2, 0.25) is 5.02 Å². The van der Waals surface area contributed by atoms with Crippen LogP contribution < -0.4 is 0 Å². The van der Waals surface area contributed by atoms with Gasteiger partial charge in [0.05, 0.1) is 5.69 Å². The summed E-state index contributed by atoms with van der Waals surface area (Å²) in [4.78, 5) is 24.1. The minimum Gasteiger partial charge on any atom is -0.348 e. The Labute approximate surface area is 133 Å². The van der Waals surface area contributed by atoms with Crippen molar-refractivity contribution in [2.75, 3.05) is 5.88 Å². The Morgan fingerprint density at radius 1 is 1.19 bits per heavy atom. The average Bonchev–Trinajstić information content (AvgIpc) is 2.79. The van der Waals surface area contributed by atoms with Crippen LogP contribution in [0.25, 0.3) is 0 Å². The minimum atomic E-state index is -0.0924. The largest absolute Gasteiger partial charge is 0.348 e. The van der Waals surface area contributed by atoms with Crippen molar-refractivity contribution in [1.29, 1.82) is 0 Å². The second-order valence-electron chi connectivity index (χ2n) is 4.83. The van der Waals surface area contributed by atoms with Crippen molar-refractivity contribution >= 4 is 34.8 Å². The summed E-state index contributed by atoms with van der Waals surface area (Å²) in [5, 5.41) is 0.589. The number of benzene rings is 1. The Morgan fingerprint density at radius 2 is 1.86 bits per heavy atom. The first-order chi connectivity index (χ1) is 10.0. The third kappa shape index (κ3) is 3.96. The molecule has 0 aliphatic carbocycles. The Morgan fingerprint density at radius 3 is 2.48 bits per heavy atom. The summed E-state index contributed by atoms with van der Waals surface area (Å²) in [5.41, 5.74) is 1.94. The number of rotatable bonds is 6. The van der Waals surface area contributed by atoms with Gasteiger partial charge in [0.15, 0.2) is 0 Å². The monoisotopic (exact) mass is 323 g/mol. The fourth-order valence-electron chi connectivity index (χ4n) is 2.13. The van der Waals surface area contributed by atoms with Gasteiger partial charge in [-0.25, -0.2) is 0 Å². The second-order valence-corrected chi connectivity index (χ2v) is 5.65. The molecule has 0 fully saturated rings. The molecule has 1 aromatic carbocycles. The zero-order chi connectivity index (χ0) is 15.4. The lowest BCUT2D eigenvalue weighted by Crippen LogP contribution is -2.06. The van der Waals surface area contributed by atoms with E-state index in [2.05, 4.69) is 0 Å². The summed E-state index contributed by atoms with van der Waals surface area (Å²) in [6, 6.07) is 8.50. The Hall–Kier alpha value is -1.58. The maximum absolute atomic E-state index is 12.4. The molecule has 2 aromatic rings. The van der Waals surface area contributed by atoms with Gasteiger partial charge >= 0.3 is 0 Å². The molecule has 0 unspecified atom stereocenters. The first-order valence-corrected chi connectivity index (χ1v) is 7.45. The number of alkyl halides is 1. The average molecular weight is 324 g/mol. The number of carbonyl (C=O) groups is 2. The van der Waals surface area contributed by atoms with Gasteiger partial charge in [0.25, 0.3) is 0 Å². The zero-order valence-electron chi connectivity index (χ0n) is 11.6. The normalized spacial score (nSPS) is 10.6. The summed E-state index contributed by atoms with van der Waals surface area (Å²) in [6.45, 7) is 0. The molecule has 0 amide bonds. The van der Waals surface area contributed by atoms with Gasteiger partial charge in [-0.1, -0.05) is 11.6 Å². The maximum Gasteiger partial charge on any atom is 0.209 e. The van der Waals surface area contributed by atoms with E-state index in [1.807, 2.05) is 0 Å². The van der Waals surface area contributed by atoms with E-state index in [0.717, 1.165) is 5.56 Å². The number of Topliss-reactive ketones (excluding diaryl/α,β-unsaturated/α-hetero) is 1. The van der Waals surface area contributed by atoms with E-state index in [4.69, 9.17) is 23.2 Å². The van der Waals surface area contributed by atoms with E-state index in [1.165, 1.54) is 0 Å². The van der Waals surface area contributed by atoms with E-state index >= 15 is 0 Å². The first kappa shape index (κ1) is 15.8. The first-order valence-electron chi connectivity index (χ1n) is 6.54. The second kappa shape index (κ2) is 6.92. The van der Waals surface area contributed by atoms with Crippen LogP contribution in [0, 0.1) is 0 Å². The fraction of sp³-hybridized carbons (Fsp3) is 0.250. The van der Waals surface area contributed by atoms with Crippen LogP contribution in [-0.4, -0.2) is 22.0 Å². The van der Waals surface area contributed by atoms with Crippen molar-refractivity contribution in [3.8, 4) is 0 Å². The quantitative estimate of drug-likeness (QED) is 0.601. The van der Waals surface area contributed by atoms with Gasteiger partial charge in [-0.05, 0) is 35.9 Å². The van der Waals surface area contributed by atoms with E-state index in [1.54, 1.807) is 48.1 Å². The molecule has 0 radical (unpaired) electrons. The Bertz CT molecular complexity index is 659. The maximum atomic E-state index is 12.4. The van der Waals surface area contributed by atoms with Gasteiger partial charge in [0.2, 0.25) is 5.78 Å². The lowest BCUT2D eigenvalue weighted by Gasteiger charge is -2.02. The molecule has 1 heterocycles. The molecule has 3 nitrogen and oxygen atoms in total. The molecule has 1 aromatic heterocycles. The molecule has 0 aliphatic rings. The van der Waals surface area contributed by atoms with Crippen molar-refractivity contribution in [2.24, 2.45) is 7.05 Å². The van der Waals surface area contributed by atoms with Gasteiger partial charge in [0, 0.05) is 42.6 Å². The van der Waals surface area contributed by atoms with E-state index in [-0.39, 0.29) is 11.6 Å². The summed E-state index contributed by atoms with van der Waals surface area (Å²) < 4.78 is 1.74. The summed E-state index contributed by atoms with van der Waals surface area (Å²) >= 11 is 11.4. The van der Waals surface area contributed by atoms with E-state index < -0.39 is 0 Å². The van der Waals surface area contributed by atoms with Crippen LogP contribution in [0.5, 0.6) is 0 Å². The van der Waals surface area contributed by atoms with Gasteiger partial charge in [-0.2, -0.15) is 0 Å². The van der Waals surface area contributed by atoms with Crippen molar-refractivity contribution in [2.45, 2.75) is 12.8 Å². The highest BCUT2D eigenvalue weighted by Gasteiger charge is 2.15. The molecule has 2 rings (SSSR count). The highest BCUT2D eigenvalue weighted by molar-refractivity contribution is 6.30. The molecule has 0 spiro atoms. The predicted octanol–water partition coefficient (Wildman–Crippen LogP) is 3.65. The van der Waals surface area contributed by atoms with Crippen molar-refractivity contribution in [1.82, 2.24) is 4.57 Å². The van der Waals surface area contributed by atoms with Crippen LogP contribution >= 0.6 is 23.2 Å². The Balaban J connectivity index is 2.20. The summed E-state index contributed by atoms with van der Waals surface area (Å²) in [7, 11) is 1.79. The van der Waals surface area contributed by atoms with Crippen molar-refractivity contribution in [3.05, 3.63) is 58.4 Å². The molecular weight excluding hydrogens is 309 g/mol. The zero-order valence-corrected chi connectivity index (χ0v) is 13.1. The molecule has 0 aliphatic heterocycles. The molecule has 0 N–H and O–H groups in total. The molecule has 0 bridgehead atoms. The molecule has 0 saturated heterocycles. The fourth-order valence-corrected chi connectivity index (χ4v) is 2.46. The molecular formula is C16H15Cl2NO2. The van der Waals surface area contributed by atoms with Gasteiger partial charge in [-0.15, -0.1) is 11.6 Å². The van der Waals surface area contributed by atoms with Crippen molar-refractivity contribution < 1.29 is 9.59 Å². The number of nitrogens with zero attached hydrogens (tertiary/aromatic N) is 1. The summed E-state index contributed by atoms with van der Waals surface area (Å²) in [6.07, 6.45) is 2.45. The number of hydrogen-bond acceptors (Lipinski definition) is 2. The number of halogens is 2. The molecule has 5 heteroatoms. The number of aromatic nitrogens is 1. The molecule has 0 saturated carbocycles. The smallest absolute Gasteiger partial charge is 0.209 e. The molecule has 110 valence electrons. The van der Waals surface area contributed by atoms with Crippen LogP contribution in [0.1, 0.15) is 28.0 Å². The number of hydrogen-bond donors (Lipinski definition) is 0. The van der Waals surface area contributed by atoms with Gasteiger partial charge in [-0.3, -0.25) is 9.59 Å². The van der Waals surface area contributed by atoms with E-state index in [9.17, 15) is 9.59 Å². The number of aryl methyl sites for hydroxylation is 1. The van der Waals surface area contributed by atoms with Crippen molar-refractivity contribution in [3.63, 3.8) is 0 Å². The lowest BCUT2D eigenvalue weighted by molar-refractivity contribution is -0.118.